The molecule has 1 aromatic carbocycles. The first-order valence-electron chi connectivity index (χ1n) is 6.85. The van der Waals surface area contributed by atoms with E-state index < -0.39 is 0 Å². The van der Waals surface area contributed by atoms with Crippen LogP contribution in [-0.4, -0.2) is 21.6 Å². The highest BCUT2D eigenvalue weighted by Crippen LogP contribution is 2.15. The standard InChI is InChI=1S/C16H17N3OS/c1-11-9-14-15(17-10-11)19(16(21)18-14)8-7-12-3-5-13(20-2)6-4-12/h3-6,9-10H,7-8H2,1-2H3,(H,18,21). The second-order valence-electron chi connectivity index (χ2n) is 5.06. The first-order valence-corrected chi connectivity index (χ1v) is 7.26. The molecule has 3 aromatic rings. The lowest BCUT2D eigenvalue weighted by Crippen LogP contribution is -2.02. The third-order valence-electron chi connectivity index (χ3n) is 3.53. The molecule has 0 saturated carbocycles. The Morgan fingerprint density at radius 1 is 1.29 bits per heavy atom. The minimum atomic E-state index is 0.719. The van der Waals surface area contributed by atoms with Gasteiger partial charge in [-0.2, -0.15) is 0 Å². The van der Waals surface area contributed by atoms with Gasteiger partial charge in [0.25, 0.3) is 0 Å². The molecule has 21 heavy (non-hydrogen) atoms. The summed E-state index contributed by atoms with van der Waals surface area (Å²) in [6.45, 7) is 2.83. The van der Waals surface area contributed by atoms with Crippen molar-refractivity contribution >= 4 is 23.4 Å². The second kappa shape index (κ2) is 5.69. The Hall–Kier alpha value is -2.14. The third-order valence-corrected chi connectivity index (χ3v) is 3.85. The molecule has 0 aliphatic heterocycles. The van der Waals surface area contributed by atoms with Crippen molar-refractivity contribution in [1.29, 1.82) is 0 Å². The predicted molar refractivity (Wildman–Crippen MR) is 86.4 cm³/mol. The second-order valence-corrected chi connectivity index (χ2v) is 5.45. The number of aromatic amines is 1. The van der Waals surface area contributed by atoms with Gasteiger partial charge >= 0.3 is 0 Å². The van der Waals surface area contributed by atoms with Crippen LogP contribution < -0.4 is 4.74 Å². The monoisotopic (exact) mass is 299 g/mol. The zero-order chi connectivity index (χ0) is 14.8. The van der Waals surface area contributed by atoms with E-state index in [0.29, 0.717) is 0 Å². The fraction of sp³-hybridized carbons (Fsp3) is 0.250. The Kier molecular flexibility index (Phi) is 3.75. The van der Waals surface area contributed by atoms with E-state index in [1.54, 1.807) is 7.11 Å². The maximum atomic E-state index is 5.40. The summed E-state index contributed by atoms with van der Waals surface area (Å²) in [4.78, 5) is 7.70. The Labute approximate surface area is 128 Å². The Morgan fingerprint density at radius 2 is 2.05 bits per heavy atom. The Morgan fingerprint density at radius 3 is 2.76 bits per heavy atom. The number of fused-ring (bicyclic) bond motifs is 1. The van der Waals surface area contributed by atoms with E-state index in [9.17, 15) is 0 Å². The first kappa shape index (κ1) is 13.8. The number of aryl methyl sites for hydroxylation is 3. The van der Waals surface area contributed by atoms with Crippen LogP contribution >= 0.6 is 12.2 Å². The van der Waals surface area contributed by atoms with Crippen molar-refractivity contribution in [3.63, 3.8) is 0 Å². The number of benzene rings is 1. The van der Waals surface area contributed by atoms with E-state index >= 15 is 0 Å². The van der Waals surface area contributed by atoms with E-state index in [1.165, 1.54) is 5.56 Å². The van der Waals surface area contributed by atoms with Crippen LogP contribution in [-0.2, 0) is 13.0 Å². The minimum Gasteiger partial charge on any atom is -0.497 e. The highest BCUT2D eigenvalue weighted by Gasteiger charge is 2.06. The van der Waals surface area contributed by atoms with Crippen LogP contribution in [0, 0.1) is 11.7 Å². The van der Waals surface area contributed by atoms with E-state index in [4.69, 9.17) is 17.0 Å². The van der Waals surface area contributed by atoms with Crippen molar-refractivity contribution in [2.45, 2.75) is 19.9 Å². The molecule has 0 saturated heterocycles. The molecule has 108 valence electrons. The number of nitrogens with zero attached hydrogens (tertiary/aromatic N) is 2. The molecule has 0 atom stereocenters. The number of hydrogen-bond donors (Lipinski definition) is 1. The van der Waals surface area contributed by atoms with Crippen LogP contribution in [0.5, 0.6) is 5.75 Å². The van der Waals surface area contributed by atoms with E-state index in [0.717, 1.165) is 40.2 Å². The maximum Gasteiger partial charge on any atom is 0.179 e. The van der Waals surface area contributed by atoms with Gasteiger partial charge in [-0.15, -0.1) is 0 Å². The highest BCUT2D eigenvalue weighted by molar-refractivity contribution is 7.71. The molecule has 0 spiro atoms. The van der Waals surface area contributed by atoms with Crippen molar-refractivity contribution in [1.82, 2.24) is 14.5 Å². The van der Waals surface area contributed by atoms with Gasteiger partial charge < -0.3 is 14.3 Å². The van der Waals surface area contributed by atoms with Gasteiger partial charge in [-0.05, 0) is 54.9 Å². The fourth-order valence-corrected chi connectivity index (χ4v) is 2.68. The molecule has 0 aliphatic rings. The highest BCUT2D eigenvalue weighted by atomic mass is 32.1. The molecule has 2 aromatic heterocycles. The van der Waals surface area contributed by atoms with Gasteiger partial charge in [0.1, 0.15) is 5.75 Å². The molecule has 3 rings (SSSR count). The summed E-state index contributed by atoms with van der Waals surface area (Å²) < 4.78 is 7.94. The number of aromatic nitrogens is 3. The summed E-state index contributed by atoms with van der Waals surface area (Å²) in [5, 5.41) is 0. The first-order chi connectivity index (χ1) is 10.2. The van der Waals surface area contributed by atoms with Crippen molar-refractivity contribution in [2.75, 3.05) is 7.11 Å². The largest absolute Gasteiger partial charge is 0.497 e. The molecule has 2 heterocycles. The third kappa shape index (κ3) is 2.83. The van der Waals surface area contributed by atoms with Crippen LogP contribution in [0.2, 0.25) is 0 Å². The van der Waals surface area contributed by atoms with Crippen molar-refractivity contribution in [2.24, 2.45) is 0 Å². The van der Waals surface area contributed by atoms with Crippen molar-refractivity contribution in [3.05, 3.63) is 52.4 Å². The number of ether oxygens (including phenoxy) is 1. The Bertz CT molecular complexity index is 818. The zero-order valence-corrected chi connectivity index (χ0v) is 12.9. The predicted octanol–water partition coefficient (Wildman–Crippen LogP) is 3.65. The number of imidazole rings is 1. The average molecular weight is 299 g/mol. The number of hydrogen-bond acceptors (Lipinski definition) is 3. The number of rotatable bonds is 4. The van der Waals surface area contributed by atoms with Gasteiger partial charge in [-0.1, -0.05) is 12.1 Å². The van der Waals surface area contributed by atoms with E-state index in [-0.39, 0.29) is 0 Å². The number of methoxy groups -OCH3 is 1. The quantitative estimate of drug-likeness (QED) is 0.748. The summed E-state index contributed by atoms with van der Waals surface area (Å²) in [7, 11) is 1.67. The van der Waals surface area contributed by atoms with Crippen molar-refractivity contribution < 1.29 is 4.74 Å². The number of nitrogens with one attached hydrogen (secondary N) is 1. The zero-order valence-electron chi connectivity index (χ0n) is 12.1. The SMILES string of the molecule is COc1ccc(CCn2c(=S)[nH]c3cc(C)cnc32)cc1. The molecule has 0 aliphatic carbocycles. The average Bonchev–Trinajstić information content (AvgIpc) is 2.80. The van der Waals surface area contributed by atoms with Gasteiger partial charge in [0, 0.05) is 12.7 Å². The smallest absolute Gasteiger partial charge is 0.179 e. The molecule has 0 unspecified atom stereocenters. The van der Waals surface area contributed by atoms with Crippen LogP contribution in [0.15, 0.2) is 36.5 Å². The van der Waals surface area contributed by atoms with Gasteiger partial charge in [0.05, 0.1) is 12.6 Å². The van der Waals surface area contributed by atoms with Crippen LogP contribution in [0.4, 0.5) is 0 Å². The molecular formula is C16H17N3OS. The maximum absolute atomic E-state index is 5.40. The van der Waals surface area contributed by atoms with Gasteiger partial charge in [0.2, 0.25) is 0 Å². The van der Waals surface area contributed by atoms with E-state index in [2.05, 4.69) is 28.2 Å². The van der Waals surface area contributed by atoms with Crippen LogP contribution in [0.3, 0.4) is 0 Å². The fourth-order valence-electron chi connectivity index (χ4n) is 2.39. The van der Waals surface area contributed by atoms with E-state index in [1.807, 2.05) is 29.8 Å². The molecule has 0 radical (unpaired) electrons. The minimum absolute atomic E-state index is 0.719. The summed E-state index contributed by atoms with van der Waals surface area (Å²) in [6.07, 6.45) is 2.77. The van der Waals surface area contributed by atoms with Gasteiger partial charge in [-0.25, -0.2) is 4.98 Å². The topological polar surface area (TPSA) is 42.8 Å². The van der Waals surface area contributed by atoms with Crippen LogP contribution in [0.25, 0.3) is 11.2 Å². The summed E-state index contributed by atoms with van der Waals surface area (Å²) in [6, 6.07) is 10.2. The molecular weight excluding hydrogens is 282 g/mol. The normalized spacial score (nSPS) is 11.0. The lowest BCUT2D eigenvalue weighted by Gasteiger charge is -2.05. The molecule has 0 bridgehead atoms. The Balaban J connectivity index is 1.84. The lowest BCUT2D eigenvalue weighted by atomic mass is 10.1. The van der Waals surface area contributed by atoms with Crippen molar-refractivity contribution in [3.8, 4) is 5.75 Å². The molecule has 4 nitrogen and oxygen atoms in total. The molecule has 1 N–H and O–H groups in total. The molecule has 5 heteroatoms. The summed E-state index contributed by atoms with van der Waals surface area (Å²) in [5.41, 5.74) is 4.29. The molecule has 0 amide bonds. The van der Waals surface area contributed by atoms with Crippen LogP contribution in [0.1, 0.15) is 11.1 Å². The lowest BCUT2D eigenvalue weighted by molar-refractivity contribution is 0.414. The van der Waals surface area contributed by atoms with Gasteiger partial charge in [-0.3, -0.25) is 0 Å². The summed E-state index contributed by atoms with van der Waals surface area (Å²) >= 11 is 5.40. The number of pyridine rings is 1. The number of H-pyrrole nitrogens is 1. The van der Waals surface area contributed by atoms with Gasteiger partial charge in [0.15, 0.2) is 10.4 Å². The summed E-state index contributed by atoms with van der Waals surface area (Å²) in [5.74, 6) is 0.875. The molecule has 0 fully saturated rings.